The molecule has 1 heterocycles. The molecule has 2 aliphatic rings. The van der Waals surface area contributed by atoms with E-state index in [-0.39, 0.29) is 0 Å². The second-order valence-corrected chi connectivity index (χ2v) is 4.84. The Balaban J connectivity index is 1.78. The summed E-state index contributed by atoms with van der Waals surface area (Å²) in [5, 5.41) is 0. The number of fused-ring (bicyclic) bond motifs is 1. The van der Waals surface area contributed by atoms with Crippen LogP contribution < -0.4 is 5.73 Å². The number of hydrogen-bond acceptors (Lipinski definition) is 2. The SMILES string of the molecule is NC1CCCC1N1Cc2ccccc2C1. The minimum Gasteiger partial charge on any atom is -0.326 e. The van der Waals surface area contributed by atoms with Crippen LogP contribution in [0.2, 0.25) is 0 Å². The molecule has 1 aromatic rings. The summed E-state index contributed by atoms with van der Waals surface area (Å²) in [4.78, 5) is 2.56. The first-order valence-electron chi connectivity index (χ1n) is 5.91. The first-order valence-corrected chi connectivity index (χ1v) is 5.91. The third-order valence-electron chi connectivity index (χ3n) is 3.87. The zero-order valence-corrected chi connectivity index (χ0v) is 9.02. The zero-order valence-electron chi connectivity index (χ0n) is 9.02. The van der Waals surface area contributed by atoms with Crippen LogP contribution in [0, 0.1) is 0 Å². The van der Waals surface area contributed by atoms with Crippen LogP contribution in [0.25, 0.3) is 0 Å². The van der Waals surface area contributed by atoms with Crippen molar-refractivity contribution in [2.24, 2.45) is 5.73 Å². The summed E-state index contributed by atoms with van der Waals surface area (Å²) in [6, 6.07) is 9.79. The van der Waals surface area contributed by atoms with Gasteiger partial charge in [-0.2, -0.15) is 0 Å². The molecule has 2 atom stereocenters. The van der Waals surface area contributed by atoms with Gasteiger partial charge in [0.15, 0.2) is 0 Å². The Morgan fingerprint density at radius 2 is 1.73 bits per heavy atom. The Morgan fingerprint density at radius 1 is 1.07 bits per heavy atom. The molecule has 2 N–H and O–H groups in total. The molecule has 15 heavy (non-hydrogen) atoms. The monoisotopic (exact) mass is 202 g/mol. The molecule has 1 aliphatic carbocycles. The lowest BCUT2D eigenvalue weighted by Crippen LogP contribution is -2.41. The molecule has 1 saturated carbocycles. The van der Waals surface area contributed by atoms with Gasteiger partial charge in [-0.3, -0.25) is 4.90 Å². The van der Waals surface area contributed by atoms with Gasteiger partial charge in [-0.25, -0.2) is 0 Å². The van der Waals surface area contributed by atoms with Gasteiger partial charge in [-0.15, -0.1) is 0 Å². The fourth-order valence-electron chi connectivity index (χ4n) is 3.02. The largest absolute Gasteiger partial charge is 0.326 e. The maximum atomic E-state index is 6.15. The van der Waals surface area contributed by atoms with Crippen molar-refractivity contribution in [3.63, 3.8) is 0 Å². The average Bonchev–Trinajstić information content (AvgIpc) is 2.82. The molecule has 2 heteroatoms. The lowest BCUT2D eigenvalue weighted by Gasteiger charge is -2.26. The van der Waals surface area contributed by atoms with E-state index in [1.807, 2.05) is 0 Å². The molecule has 0 bridgehead atoms. The van der Waals surface area contributed by atoms with E-state index in [1.54, 1.807) is 0 Å². The quantitative estimate of drug-likeness (QED) is 0.753. The first kappa shape index (κ1) is 9.37. The maximum Gasteiger partial charge on any atom is 0.0254 e. The molecule has 2 nitrogen and oxygen atoms in total. The number of nitrogens with two attached hydrogens (primary N) is 1. The number of rotatable bonds is 1. The summed E-state index contributed by atoms with van der Waals surface area (Å²) >= 11 is 0. The lowest BCUT2D eigenvalue weighted by molar-refractivity contribution is 0.187. The van der Waals surface area contributed by atoms with Crippen molar-refractivity contribution >= 4 is 0 Å². The number of hydrogen-bond donors (Lipinski definition) is 1. The van der Waals surface area contributed by atoms with Gasteiger partial charge in [-0.05, 0) is 24.0 Å². The Bertz CT molecular complexity index is 336. The lowest BCUT2D eigenvalue weighted by atomic mass is 10.1. The Kier molecular flexibility index (Phi) is 2.26. The maximum absolute atomic E-state index is 6.15. The van der Waals surface area contributed by atoms with Gasteiger partial charge in [0.1, 0.15) is 0 Å². The van der Waals surface area contributed by atoms with Crippen LogP contribution in [-0.4, -0.2) is 17.0 Å². The average molecular weight is 202 g/mol. The fourth-order valence-corrected chi connectivity index (χ4v) is 3.02. The minimum absolute atomic E-state index is 0.402. The summed E-state index contributed by atoms with van der Waals surface area (Å²) in [5.74, 6) is 0. The molecule has 0 spiro atoms. The predicted octanol–water partition coefficient (Wildman–Crippen LogP) is 1.88. The summed E-state index contributed by atoms with van der Waals surface area (Å²) in [6.07, 6.45) is 3.80. The number of nitrogens with zero attached hydrogens (tertiary/aromatic N) is 1. The van der Waals surface area contributed by atoms with E-state index in [2.05, 4.69) is 29.2 Å². The Hall–Kier alpha value is -0.860. The molecular formula is C13H18N2. The van der Waals surface area contributed by atoms with Crippen molar-refractivity contribution in [2.75, 3.05) is 0 Å². The minimum atomic E-state index is 0.402. The van der Waals surface area contributed by atoms with E-state index in [4.69, 9.17) is 5.73 Å². The van der Waals surface area contributed by atoms with Gasteiger partial charge < -0.3 is 5.73 Å². The molecular weight excluding hydrogens is 184 g/mol. The van der Waals surface area contributed by atoms with Crippen LogP contribution in [0.3, 0.4) is 0 Å². The van der Waals surface area contributed by atoms with Crippen molar-refractivity contribution in [3.8, 4) is 0 Å². The van der Waals surface area contributed by atoms with Crippen molar-refractivity contribution in [1.29, 1.82) is 0 Å². The highest BCUT2D eigenvalue weighted by Gasteiger charge is 2.32. The first-order chi connectivity index (χ1) is 7.34. The topological polar surface area (TPSA) is 29.3 Å². The standard InChI is InChI=1S/C13H18N2/c14-12-6-3-7-13(12)15-8-10-4-1-2-5-11(10)9-15/h1-2,4-5,12-13H,3,6-9,14H2. The van der Waals surface area contributed by atoms with Crippen molar-refractivity contribution in [1.82, 2.24) is 4.90 Å². The summed E-state index contributed by atoms with van der Waals surface area (Å²) in [7, 11) is 0. The number of benzene rings is 1. The highest BCUT2D eigenvalue weighted by atomic mass is 15.2. The molecule has 0 amide bonds. The smallest absolute Gasteiger partial charge is 0.0254 e. The molecule has 3 rings (SSSR count). The zero-order chi connectivity index (χ0) is 10.3. The molecule has 0 radical (unpaired) electrons. The molecule has 1 fully saturated rings. The Morgan fingerprint density at radius 3 is 2.27 bits per heavy atom. The van der Waals surface area contributed by atoms with E-state index >= 15 is 0 Å². The van der Waals surface area contributed by atoms with Crippen LogP contribution >= 0.6 is 0 Å². The Labute approximate surface area is 91.1 Å². The molecule has 0 aromatic heterocycles. The predicted molar refractivity (Wildman–Crippen MR) is 61.3 cm³/mol. The second-order valence-electron chi connectivity index (χ2n) is 4.84. The van der Waals surface area contributed by atoms with Crippen molar-refractivity contribution in [2.45, 2.75) is 44.4 Å². The van der Waals surface area contributed by atoms with E-state index in [1.165, 1.54) is 30.4 Å². The molecule has 1 aliphatic heterocycles. The van der Waals surface area contributed by atoms with Gasteiger partial charge in [0.25, 0.3) is 0 Å². The molecule has 0 saturated heterocycles. The molecule has 2 unspecified atom stereocenters. The summed E-state index contributed by atoms with van der Waals surface area (Å²) in [6.45, 7) is 2.21. The van der Waals surface area contributed by atoms with Gasteiger partial charge >= 0.3 is 0 Å². The summed E-state index contributed by atoms with van der Waals surface area (Å²) in [5.41, 5.74) is 9.15. The third-order valence-corrected chi connectivity index (χ3v) is 3.87. The van der Waals surface area contributed by atoms with Gasteiger partial charge in [0, 0.05) is 25.2 Å². The van der Waals surface area contributed by atoms with Crippen molar-refractivity contribution in [3.05, 3.63) is 35.4 Å². The third kappa shape index (κ3) is 1.58. The van der Waals surface area contributed by atoms with Crippen LogP contribution in [0.4, 0.5) is 0 Å². The molecule has 1 aromatic carbocycles. The molecule has 80 valence electrons. The fraction of sp³-hybridized carbons (Fsp3) is 0.538. The highest BCUT2D eigenvalue weighted by Crippen LogP contribution is 2.30. The normalized spacial score (nSPS) is 30.7. The second kappa shape index (κ2) is 3.62. The van der Waals surface area contributed by atoms with Crippen LogP contribution in [0.1, 0.15) is 30.4 Å². The van der Waals surface area contributed by atoms with Crippen LogP contribution in [0.5, 0.6) is 0 Å². The van der Waals surface area contributed by atoms with Crippen LogP contribution in [0.15, 0.2) is 24.3 Å². The van der Waals surface area contributed by atoms with Gasteiger partial charge in [0.05, 0.1) is 0 Å². The highest BCUT2D eigenvalue weighted by molar-refractivity contribution is 5.30. The van der Waals surface area contributed by atoms with Crippen molar-refractivity contribution < 1.29 is 0 Å². The van der Waals surface area contributed by atoms with Gasteiger partial charge in [-0.1, -0.05) is 30.7 Å². The van der Waals surface area contributed by atoms with E-state index in [0.29, 0.717) is 12.1 Å². The van der Waals surface area contributed by atoms with Crippen LogP contribution in [-0.2, 0) is 13.1 Å². The van der Waals surface area contributed by atoms with E-state index in [9.17, 15) is 0 Å². The summed E-state index contributed by atoms with van der Waals surface area (Å²) < 4.78 is 0. The van der Waals surface area contributed by atoms with Gasteiger partial charge in [0.2, 0.25) is 0 Å². The van der Waals surface area contributed by atoms with E-state index < -0.39 is 0 Å². The van der Waals surface area contributed by atoms with E-state index in [0.717, 1.165) is 13.1 Å².